The Morgan fingerprint density at radius 3 is 2.43 bits per heavy atom. The SMILES string of the molecule is CC(c1ccc(N)cc1F)N1C(=O)CO[C@@H]1c1cn(-c2ccc(Br)cc2)cc1-c1ccc(F)cc1. The van der Waals surface area contributed by atoms with Crippen molar-refractivity contribution in [1.29, 1.82) is 0 Å². The maximum Gasteiger partial charge on any atom is 0.251 e. The molecule has 0 saturated carbocycles. The summed E-state index contributed by atoms with van der Waals surface area (Å²) in [5.74, 6) is -1.08. The van der Waals surface area contributed by atoms with Crippen LogP contribution in [0.15, 0.2) is 83.6 Å². The molecule has 178 valence electrons. The van der Waals surface area contributed by atoms with Crippen LogP contribution in [0.2, 0.25) is 0 Å². The maximum absolute atomic E-state index is 14.7. The van der Waals surface area contributed by atoms with Gasteiger partial charge >= 0.3 is 0 Å². The van der Waals surface area contributed by atoms with Crippen molar-refractivity contribution in [2.45, 2.75) is 19.2 Å². The molecule has 5 rings (SSSR count). The molecule has 2 N–H and O–H groups in total. The number of nitrogens with two attached hydrogens (primary N) is 1. The number of carbonyl (C=O) groups excluding carboxylic acids is 1. The molecule has 0 spiro atoms. The Kier molecular flexibility index (Phi) is 6.17. The van der Waals surface area contributed by atoms with Gasteiger partial charge in [-0.25, -0.2) is 8.78 Å². The smallest absolute Gasteiger partial charge is 0.251 e. The number of ether oxygens (including phenoxy) is 1. The minimum absolute atomic E-state index is 0.127. The van der Waals surface area contributed by atoms with Gasteiger partial charge in [-0.15, -0.1) is 0 Å². The Labute approximate surface area is 209 Å². The molecular weight excluding hydrogens is 516 g/mol. The predicted octanol–water partition coefficient (Wildman–Crippen LogP) is 6.39. The lowest BCUT2D eigenvalue weighted by Gasteiger charge is -2.30. The standard InChI is InChI=1S/C27H22BrF2N3O2/c1-16(22-11-8-20(31)12-25(22)30)33-26(34)15-35-27(33)24-14-32(21-9-4-18(28)5-10-21)13-23(24)17-2-6-19(29)7-3-17/h2-14,16,27H,15,31H2,1H3/t16?,27-/m1/s1. The summed E-state index contributed by atoms with van der Waals surface area (Å²) in [7, 11) is 0. The zero-order valence-electron chi connectivity index (χ0n) is 18.8. The van der Waals surface area contributed by atoms with E-state index in [1.807, 2.05) is 41.2 Å². The van der Waals surface area contributed by atoms with Crippen LogP contribution in [0.1, 0.15) is 30.3 Å². The lowest BCUT2D eigenvalue weighted by atomic mass is 10.0. The van der Waals surface area contributed by atoms with Crippen LogP contribution in [0.5, 0.6) is 0 Å². The molecular formula is C27H22BrF2N3O2. The number of anilines is 1. The molecule has 1 amide bonds. The van der Waals surface area contributed by atoms with E-state index in [9.17, 15) is 13.6 Å². The molecule has 0 bridgehead atoms. The van der Waals surface area contributed by atoms with Crippen molar-refractivity contribution in [2.24, 2.45) is 0 Å². The summed E-state index contributed by atoms with van der Waals surface area (Å²) in [6, 6.07) is 17.8. The fraction of sp³-hybridized carbons (Fsp3) is 0.148. The van der Waals surface area contributed by atoms with Gasteiger partial charge in [0.15, 0.2) is 6.23 Å². The first-order valence-corrected chi connectivity index (χ1v) is 11.8. The molecule has 1 unspecified atom stereocenters. The van der Waals surface area contributed by atoms with Gasteiger partial charge in [-0.2, -0.15) is 0 Å². The van der Waals surface area contributed by atoms with Crippen LogP contribution in [-0.4, -0.2) is 22.0 Å². The molecule has 8 heteroatoms. The van der Waals surface area contributed by atoms with E-state index < -0.39 is 18.1 Å². The Bertz CT molecular complexity index is 1390. The molecule has 4 aromatic rings. The molecule has 3 aromatic carbocycles. The second-order valence-electron chi connectivity index (χ2n) is 8.44. The van der Waals surface area contributed by atoms with E-state index in [0.717, 1.165) is 21.3 Å². The van der Waals surface area contributed by atoms with E-state index in [0.29, 0.717) is 16.8 Å². The summed E-state index contributed by atoms with van der Waals surface area (Å²) >= 11 is 3.45. The number of rotatable bonds is 5. The monoisotopic (exact) mass is 537 g/mol. The Balaban J connectivity index is 1.61. The number of benzene rings is 3. The molecule has 1 aliphatic heterocycles. The van der Waals surface area contributed by atoms with Crippen LogP contribution in [0.3, 0.4) is 0 Å². The van der Waals surface area contributed by atoms with E-state index in [2.05, 4.69) is 15.9 Å². The molecule has 1 aliphatic rings. The molecule has 0 radical (unpaired) electrons. The number of nitrogen functional groups attached to an aromatic ring is 1. The maximum atomic E-state index is 14.7. The number of hydrogen-bond donors (Lipinski definition) is 1. The molecule has 2 heterocycles. The predicted molar refractivity (Wildman–Crippen MR) is 134 cm³/mol. The minimum Gasteiger partial charge on any atom is -0.399 e. The summed E-state index contributed by atoms with van der Waals surface area (Å²) in [6.07, 6.45) is 3.06. The number of aromatic nitrogens is 1. The third-order valence-corrected chi connectivity index (χ3v) is 6.73. The van der Waals surface area contributed by atoms with Crippen LogP contribution in [-0.2, 0) is 9.53 Å². The number of halogens is 3. The third kappa shape index (κ3) is 4.47. The van der Waals surface area contributed by atoms with Gasteiger partial charge in [0.1, 0.15) is 18.2 Å². The van der Waals surface area contributed by atoms with E-state index in [1.165, 1.54) is 18.2 Å². The van der Waals surface area contributed by atoms with Gasteiger partial charge in [0.05, 0.1) is 6.04 Å². The Morgan fingerprint density at radius 1 is 1.03 bits per heavy atom. The van der Waals surface area contributed by atoms with Gasteiger partial charge in [0, 0.05) is 44.9 Å². The average molecular weight is 538 g/mol. The van der Waals surface area contributed by atoms with Crippen LogP contribution in [0.25, 0.3) is 16.8 Å². The summed E-state index contributed by atoms with van der Waals surface area (Å²) in [5, 5.41) is 0. The van der Waals surface area contributed by atoms with E-state index in [4.69, 9.17) is 10.5 Å². The molecule has 0 aliphatic carbocycles. The first kappa shape index (κ1) is 23.3. The molecule has 2 atom stereocenters. The quantitative estimate of drug-likeness (QED) is 0.300. The second-order valence-corrected chi connectivity index (χ2v) is 9.35. The van der Waals surface area contributed by atoms with Crippen molar-refractivity contribution in [1.82, 2.24) is 9.47 Å². The lowest BCUT2D eigenvalue weighted by molar-refractivity contribution is -0.130. The molecule has 1 fully saturated rings. The normalized spacial score (nSPS) is 16.6. The summed E-state index contributed by atoms with van der Waals surface area (Å²) in [4.78, 5) is 14.5. The Morgan fingerprint density at radius 2 is 1.74 bits per heavy atom. The van der Waals surface area contributed by atoms with E-state index in [-0.39, 0.29) is 18.3 Å². The van der Waals surface area contributed by atoms with Gasteiger partial charge in [-0.3, -0.25) is 4.79 Å². The molecule has 1 saturated heterocycles. The van der Waals surface area contributed by atoms with Gasteiger partial charge in [0.25, 0.3) is 5.91 Å². The van der Waals surface area contributed by atoms with Crippen LogP contribution in [0, 0.1) is 11.6 Å². The van der Waals surface area contributed by atoms with Gasteiger partial charge in [0.2, 0.25) is 0 Å². The third-order valence-electron chi connectivity index (χ3n) is 6.20. The van der Waals surface area contributed by atoms with Crippen molar-refractivity contribution >= 4 is 27.5 Å². The lowest BCUT2D eigenvalue weighted by Crippen LogP contribution is -2.32. The first-order chi connectivity index (χ1) is 16.8. The molecule has 5 nitrogen and oxygen atoms in total. The molecule has 1 aromatic heterocycles. The number of amides is 1. The van der Waals surface area contributed by atoms with Crippen molar-refractivity contribution in [3.63, 3.8) is 0 Å². The number of nitrogens with zero attached hydrogens (tertiary/aromatic N) is 2. The van der Waals surface area contributed by atoms with E-state index in [1.54, 1.807) is 36.1 Å². The van der Waals surface area contributed by atoms with Crippen molar-refractivity contribution in [3.8, 4) is 16.8 Å². The highest BCUT2D eigenvalue weighted by Gasteiger charge is 2.39. The van der Waals surface area contributed by atoms with Crippen molar-refractivity contribution < 1.29 is 18.3 Å². The highest BCUT2D eigenvalue weighted by molar-refractivity contribution is 9.10. The summed E-state index contributed by atoms with van der Waals surface area (Å²) in [6.45, 7) is 1.63. The number of hydrogen-bond acceptors (Lipinski definition) is 3. The highest BCUT2D eigenvalue weighted by Crippen LogP contribution is 2.41. The van der Waals surface area contributed by atoms with Crippen LogP contribution >= 0.6 is 15.9 Å². The first-order valence-electron chi connectivity index (χ1n) is 11.0. The fourth-order valence-electron chi connectivity index (χ4n) is 4.43. The fourth-order valence-corrected chi connectivity index (χ4v) is 4.69. The van der Waals surface area contributed by atoms with E-state index >= 15 is 0 Å². The summed E-state index contributed by atoms with van der Waals surface area (Å²) < 4.78 is 37.2. The zero-order valence-corrected chi connectivity index (χ0v) is 20.4. The number of carbonyl (C=O) groups is 1. The topological polar surface area (TPSA) is 60.5 Å². The zero-order chi connectivity index (χ0) is 24.7. The molecule has 35 heavy (non-hydrogen) atoms. The second kappa shape index (κ2) is 9.28. The highest BCUT2D eigenvalue weighted by atomic mass is 79.9. The Hall–Kier alpha value is -3.49. The van der Waals surface area contributed by atoms with Crippen molar-refractivity contribution in [2.75, 3.05) is 12.3 Å². The van der Waals surface area contributed by atoms with Gasteiger partial charge < -0.3 is 19.9 Å². The van der Waals surface area contributed by atoms with Crippen LogP contribution < -0.4 is 5.73 Å². The average Bonchev–Trinajstić information content (AvgIpc) is 3.43. The summed E-state index contributed by atoms with van der Waals surface area (Å²) in [5.41, 5.74) is 9.53. The van der Waals surface area contributed by atoms with Crippen LogP contribution in [0.4, 0.5) is 14.5 Å². The van der Waals surface area contributed by atoms with Gasteiger partial charge in [-0.1, -0.05) is 34.1 Å². The van der Waals surface area contributed by atoms with Gasteiger partial charge in [-0.05, 0) is 61.0 Å². The largest absolute Gasteiger partial charge is 0.399 e. The minimum atomic E-state index is -0.758. The van der Waals surface area contributed by atoms with Crippen molar-refractivity contribution in [3.05, 3.63) is 106 Å².